The first kappa shape index (κ1) is 16.7. The average Bonchev–Trinajstić information content (AvgIpc) is 2.96. The molecule has 1 aromatic carbocycles. The van der Waals surface area contributed by atoms with Crippen LogP contribution in [0.1, 0.15) is 38.4 Å². The molecule has 2 heterocycles. The lowest BCUT2D eigenvalue weighted by atomic mass is 10.2. The predicted molar refractivity (Wildman–Crippen MR) is 101 cm³/mol. The quantitative estimate of drug-likeness (QED) is 0.622. The lowest BCUT2D eigenvalue weighted by Crippen LogP contribution is -2.10. The predicted octanol–water partition coefficient (Wildman–Crippen LogP) is 3.51. The van der Waals surface area contributed by atoms with Gasteiger partial charge in [-0.2, -0.15) is 0 Å². The minimum atomic E-state index is 0.537. The number of anilines is 1. The number of para-hydroxylation sites is 1. The molecule has 3 rings (SSSR count). The number of pyridine rings is 1. The lowest BCUT2D eigenvalue weighted by molar-refractivity contribution is 0.576. The lowest BCUT2D eigenvalue weighted by Gasteiger charge is -2.11. The highest BCUT2D eigenvalue weighted by Gasteiger charge is 2.16. The maximum atomic E-state index is 6.21. The van der Waals surface area contributed by atoms with Gasteiger partial charge in [-0.15, -0.1) is 0 Å². The summed E-state index contributed by atoms with van der Waals surface area (Å²) in [7, 11) is 2.00. The number of hydrogen-bond acceptors (Lipinski definition) is 4. The van der Waals surface area contributed by atoms with Crippen LogP contribution in [0.2, 0.25) is 0 Å². The van der Waals surface area contributed by atoms with Crippen molar-refractivity contribution in [2.75, 3.05) is 19.3 Å². The SMILES string of the molecule is CCCCc1nc2c(N)nc3ccccc3c2n1CCCCNC. The van der Waals surface area contributed by atoms with Crippen molar-refractivity contribution >= 4 is 27.8 Å². The topological polar surface area (TPSA) is 68.8 Å². The summed E-state index contributed by atoms with van der Waals surface area (Å²) in [6.45, 7) is 4.23. The van der Waals surface area contributed by atoms with E-state index in [0.29, 0.717) is 5.82 Å². The summed E-state index contributed by atoms with van der Waals surface area (Å²) >= 11 is 0. The molecule has 0 fully saturated rings. The van der Waals surface area contributed by atoms with Crippen molar-refractivity contribution in [3.63, 3.8) is 0 Å². The molecule has 24 heavy (non-hydrogen) atoms. The van der Waals surface area contributed by atoms with Gasteiger partial charge < -0.3 is 15.6 Å². The average molecular weight is 325 g/mol. The monoisotopic (exact) mass is 325 g/mol. The zero-order chi connectivity index (χ0) is 16.9. The number of imidazole rings is 1. The summed E-state index contributed by atoms with van der Waals surface area (Å²) in [5.41, 5.74) is 9.16. The van der Waals surface area contributed by atoms with Gasteiger partial charge in [0.25, 0.3) is 0 Å². The number of aryl methyl sites for hydroxylation is 2. The van der Waals surface area contributed by atoms with E-state index in [-0.39, 0.29) is 0 Å². The van der Waals surface area contributed by atoms with E-state index >= 15 is 0 Å². The highest BCUT2D eigenvalue weighted by atomic mass is 15.1. The number of aromatic nitrogens is 3. The Morgan fingerprint density at radius 2 is 1.96 bits per heavy atom. The smallest absolute Gasteiger partial charge is 0.152 e. The van der Waals surface area contributed by atoms with Crippen LogP contribution in [0.15, 0.2) is 24.3 Å². The molecule has 5 nitrogen and oxygen atoms in total. The van der Waals surface area contributed by atoms with E-state index in [0.717, 1.165) is 73.0 Å². The first-order valence-electron chi connectivity index (χ1n) is 8.94. The van der Waals surface area contributed by atoms with Crippen molar-refractivity contribution in [3.05, 3.63) is 30.1 Å². The van der Waals surface area contributed by atoms with Crippen molar-refractivity contribution in [1.82, 2.24) is 19.9 Å². The molecule has 0 radical (unpaired) electrons. The fourth-order valence-electron chi connectivity index (χ4n) is 3.24. The number of nitrogens with one attached hydrogen (secondary N) is 1. The van der Waals surface area contributed by atoms with Crippen LogP contribution in [0.5, 0.6) is 0 Å². The van der Waals surface area contributed by atoms with Crippen LogP contribution in [0.3, 0.4) is 0 Å². The number of rotatable bonds is 8. The molecule has 0 spiro atoms. The highest BCUT2D eigenvalue weighted by Crippen LogP contribution is 2.29. The maximum absolute atomic E-state index is 6.21. The molecule has 0 bridgehead atoms. The van der Waals surface area contributed by atoms with Gasteiger partial charge in [0.15, 0.2) is 5.82 Å². The Morgan fingerprint density at radius 1 is 1.12 bits per heavy atom. The fourth-order valence-corrected chi connectivity index (χ4v) is 3.24. The van der Waals surface area contributed by atoms with Crippen LogP contribution in [0.25, 0.3) is 21.9 Å². The number of fused-ring (bicyclic) bond motifs is 3. The second-order valence-corrected chi connectivity index (χ2v) is 6.31. The molecular weight excluding hydrogens is 298 g/mol. The summed E-state index contributed by atoms with van der Waals surface area (Å²) in [4.78, 5) is 9.40. The van der Waals surface area contributed by atoms with Gasteiger partial charge in [-0.3, -0.25) is 0 Å². The Kier molecular flexibility index (Phi) is 5.30. The first-order valence-corrected chi connectivity index (χ1v) is 8.94. The first-order chi connectivity index (χ1) is 11.8. The van der Waals surface area contributed by atoms with Crippen molar-refractivity contribution in [2.24, 2.45) is 0 Å². The summed E-state index contributed by atoms with van der Waals surface area (Å²) in [6, 6.07) is 8.21. The van der Waals surface area contributed by atoms with Gasteiger partial charge in [-0.1, -0.05) is 31.5 Å². The number of hydrogen-bond donors (Lipinski definition) is 2. The molecule has 0 aliphatic rings. The van der Waals surface area contributed by atoms with Crippen LogP contribution in [0.4, 0.5) is 5.82 Å². The highest BCUT2D eigenvalue weighted by molar-refractivity contribution is 6.06. The van der Waals surface area contributed by atoms with Crippen molar-refractivity contribution in [2.45, 2.75) is 45.6 Å². The molecule has 128 valence electrons. The Bertz CT molecular complexity index is 821. The molecule has 0 saturated heterocycles. The molecule has 0 saturated carbocycles. The van der Waals surface area contributed by atoms with E-state index in [9.17, 15) is 0 Å². The van der Waals surface area contributed by atoms with Gasteiger partial charge in [0.05, 0.1) is 11.0 Å². The molecule has 0 atom stereocenters. The summed E-state index contributed by atoms with van der Waals surface area (Å²) in [5, 5.41) is 4.36. The van der Waals surface area contributed by atoms with E-state index < -0.39 is 0 Å². The second-order valence-electron chi connectivity index (χ2n) is 6.31. The minimum absolute atomic E-state index is 0.537. The normalized spacial score (nSPS) is 11.6. The van der Waals surface area contributed by atoms with E-state index in [1.807, 2.05) is 19.2 Å². The van der Waals surface area contributed by atoms with Gasteiger partial charge in [0.2, 0.25) is 0 Å². The van der Waals surface area contributed by atoms with Crippen LogP contribution < -0.4 is 11.1 Å². The zero-order valence-corrected chi connectivity index (χ0v) is 14.7. The number of unbranched alkanes of at least 4 members (excludes halogenated alkanes) is 2. The van der Waals surface area contributed by atoms with Crippen molar-refractivity contribution in [1.29, 1.82) is 0 Å². The van der Waals surface area contributed by atoms with E-state index in [1.54, 1.807) is 0 Å². The van der Waals surface area contributed by atoms with Gasteiger partial charge >= 0.3 is 0 Å². The van der Waals surface area contributed by atoms with E-state index in [1.165, 1.54) is 0 Å². The summed E-state index contributed by atoms with van der Waals surface area (Å²) in [5.74, 6) is 1.68. The summed E-state index contributed by atoms with van der Waals surface area (Å²) in [6.07, 6.45) is 5.58. The zero-order valence-electron chi connectivity index (χ0n) is 14.7. The second kappa shape index (κ2) is 7.62. The van der Waals surface area contributed by atoms with E-state index in [2.05, 4.69) is 33.9 Å². The molecule has 5 heteroatoms. The Morgan fingerprint density at radius 3 is 2.75 bits per heavy atom. The van der Waals surface area contributed by atoms with Gasteiger partial charge in [0, 0.05) is 18.4 Å². The van der Waals surface area contributed by atoms with Crippen LogP contribution in [-0.4, -0.2) is 28.1 Å². The van der Waals surface area contributed by atoms with Crippen molar-refractivity contribution < 1.29 is 0 Å². The molecule has 3 aromatic rings. The van der Waals surface area contributed by atoms with Crippen molar-refractivity contribution in [3.8, 4) is 0 Å². The number of benzene rings is 1. The van der Waals surface area contributed by atoms with Crippen LogP contribution >= 0.6 is 0 Å². The molecular formula is C19H27N5. The van der Waals surface area contributed by atoms with Gasteiger partial charge in [-0.05, 0) is 38.9 Å². The fraction of sp³-hybridized carbons (Fsp3) is 0.474. The summed E-state index contributed by atoms with van der Waals surface area (Å²) < 4.78 is 2.38. The van der Waals surface area contributed by atoms with Gasteiger partial charge in [-0.25, -0.2) is 9.97 Å². The Labute approximate surface area is 143 Å². The maximum Gasteiger partial charge on any atom is 0.152 e. The number of nitrogens with zero attached hydrogens (tertiary/aromatic N) is 3. The molecule has 0 amide bonds. The van der Waals surface area contributed by atoms with Gasteiger partial charge in [0.1, 0.15) is 11.3 Å². The van der Waals surface area contributed by atoms with Crippen LogP contribution in [-0.2, 0) is 13.0 Å². The number of nitrogens with two attached hydrogens (primary N) is 1. The largest absolute Gasteiger partial charge is 0.382 e. The third-order valence-electron chi connectivity index (χ3n) is 4.50. The Balaban J connectivity index is 2.11. The third kappa shape index (κ3) is 3.22. The molecule has 0 aliphatic heterocycles. The third-order valence-corrected chi connectivity index (χ3v) is 4.50. The standard InChI is InChI=1S/C19H27N5/c1-3-4-11-16-23-17-18(24(16)13-8-7-12-21-2)14-9-5-6-10-15(14)22-19(17)20/h5-6,9-10,21H,3-4,7-8,11-13H2,1-2H3,(H2,20,22). The van der Waals surface area contributed by atoms with E-state index in [4.69, 9.17) is 10.7 Å². The molecule has 3 N–H and O–H groups in total. The molecule has 0 aliphatic carbocycles. The Hall–Kier alpha value is -2.14. The number of nitrogen functional groups attached to an aromatic ring is 1. The molecule has 2 aromatic heterocycles. The van der Waals surface area contributed by atoms with Crippen LogP contribution in [0, 0.1) is 0 Å². The minimum Gasteiger partial charge on any atom is -0.382 e. The molecule has 0 unspecified atom stereocenters.